The van der Waals surface area contributed by atoms with Crippen molar-refractivity contribution >= 4 is 19.0 Å². The number of rotatable bonds is 5. The first-order chi connectivity index (χ1) is 8.54. The average molecular weight is 262 g/mol. The van der Waals surface area contributed by atoms with E-state index >= 15 is 0 Å². The summed E-state index contributed by atoms with van der Waals surface area (Å²) in [6, 6.07) is 4.05. The van der Waals surface area contributed by atoms with Gasteiger partial charge >= 0.3 is 0 Å². The highest BCUT2D eigenvalue weighted by atomic mass is 28.3. The van der Waals surface area contributed by atoms with Gasteiger partial charge in [-0.15, -0.1) is 0 Å². The van der Waals surface area contributed by atoms with E-state index in [1.54, 1.807) is 0 Å². The van der Waals surface area contributed by atoms with Crippen LogP contribution in [-0.2, 0) is 0 Å². The first-order valence-electron chi connectivity index (χ1n) is 6.63. The highest BCUT2D eigenvalue weighted by molar-refractivity contribution is 6.88. The van der Waals surface area contributed by atoms with E-state index in [0.29, 0.717) is 0 Å². The van der Waals surface area contributed by atoms with Crippen molar-refractivity contribution < 1.29 is 4.74 Å². The predicted molar refractivity (Wildman–Crippen MR) is 78.6 cm³/mol. The molecule has 3 nitrogen and oxygen atoms in total. The molecule has 0 radical (unpaired) electrons. The van der Waals surface area contributed by atoms with Crippen LogP contribution in [0.15, 0.2) is 24.5 Å². The number of hydrogen-bond acceptors (Lipinski definition) is 2. The summed E-state index contributed by atoms with van der Waals surface area (Å²) in [6.45, 7) is 9.94. The molecule has 4 heteroatoms. The van der Waals surface area contributed by atoms with Crippen LogP contribution in [0, 0.1) is 0 Å². The number of imidazole rings is 1. The van der Waals surface area contributed by atoms with E-state index in [1.165, 1.54) is 5.32 Å². The van der Waals surface area contributed by atoms with Crippen LogP contribution in [0.5, 0.6) is 5.75 Å². The lowest BCUT2D eigenvalue weighted by Crippen LogP contribution is -2.40. The fourth-order valence-electron chi connectivity index (χ4n) is 1.98. The minimum Gasteiger partial charge on any atom is -0.490 e. The van der Waals surface area contributed by atoms with E-state index in [-0.39, 0.29) is 0 Å². The van der Waals surface area contributed by atoms with Crippen LogP contribution < -0.4 is 10.1 Å². The highest BCUT2D eigenvalue weighted by Crippen LogP contribution is 2.18. The zero-order chi connectivity index (χ0) is 13.2. The molecule has 18 heavy (non-hydrogen) atoms. The van der Waals surface area contributed by atoms with E-state index < -0.39 is 8.07 Å². The number of fused-ring (bicyclic) bond motifs is 1. The lowest BCUT2D eigenvalue weighted by molar-refractivity contribution is 0.311. The summed E-state index contributed by atoms with van der Waals surface area (Å²) in [4.78, 5) is 4.54. The number of ether oxygens (including phenoxy) is 1. The molecule has 0 aliphatic rings. The number of hydrogen-bond donors (Lipinski definition) is 0. The molecule has 0 saturated carbocycles. The Labute approximate surface area is 110 Å². The maximum Gasteiger partial charge on any atom is 0.179 e. The molecule has 0 amide bonds. The molecule has 0 N–H and O–H groups in total. The Kier molecular flexibility index (Phi) is 3.75. The highest BCUT2D eigenvalue weighted by Gasteiger charge is 2.21. The van der Waals surface area contributed by atoms with E-state index in [0.717, 1.165) is 30.8 Å². The van der Waals surface area contributed by atoms with Crippen LogP contribution in [0.2, 0.25) is 19.6 Å². The Bertz CT molecular complexity index is 528. The topological polar surface area (TPSA) is 26.5 Å². The van der Waals surface area contributed by atoms with Gasteiger partial charge in [-0.05, 0) is 18.6 Å². The van der Waals surface area contributed by atoms with Gasteiger partial charge in [0.15, 0.2) is 11.4 Å². The van der Waals surface area contributed by atoms with Gasteiger partial charge in [0.05, 0.1) is 6.61 Å². The van der Waals surface area contributed by atoms with E-state index in [2.05, 4.69) is 42.1 Å². The van der Waals surface area contributed by atoms with E-state index in [4.69, 9.17) is 4.74 Å². The van der Waals surface area contributed by atoms with Crippen molar-refractivity contribution in [3.8, 4) is 5.75 Å². The second kappa shape index (κ2) is 5.14. The molecule has 0 spiro atoms. The summed E-state index contributed by atoms with van der Waals surface area (Å²) in [7, 11) is -1.36. The summed E-state index contributed by atoms with van der Waals surface area (Å²) in [5.74, 6) is 0.899. The summed E-state index contributed by atoms with van der Waals surface area (Å²) < 4.78 is 8.01. The fraction of sp³-hybridized carbons (Fsp3) is 0.500. The minimum absolute atomic E-state index is 0.769. The van der Waals surface area contributed by atoms with Gasteiger partial charge in [-0.25, -0.2) is 4.98 Å². The Morgan fingerprint density at radius 1 is 1.33 bits per heavy atom. The average Bonchev–Trinajstić information content (AvgIpc) is 2.73. The fourth-order valence-corrected chi connectivity index (χ4v) is 3.33. The molecule has 2 heterocycles. The van der Waals surface area contributed by atoms with Crippen molar-refractivity contribution in [1.82, 2.24) is 9.38 Å². The third-order valence-corrected chi connectivity index (χ3v) is 4.93. The molecular formula is C14H22N2OSi. The van der Waals surface area contributed by atoms with Crippen LogP contribution in [0.3, 0.4) is 0 Å². The molecule has 0 aliphatic heterocycles. The predicted octanol–water partition coefficient (Wildman–Crippen LogP) is 3.06. The lowest BCUT2D eigenvalue weighted by Gasteiger charge is -2.15. The zero-order valence-corrected chi connectivity index (χ0v) is 12.7. The SMILES string of the molecule is CCCCOc1cccn2c([Si](C)(C)C)cnc12. The molecule has 0 unspecified atom stereocenters. The molecule has 98 valence electrons. The molecule has 0 bridgehead atoms. The van der Waals surface area contributed by atoms with Crippen molar-refractivity contribution in [2.45, 2.75) is 39.4 Å². The Balaban J connectivity index is 2.36. The largest absolute Gasteiger partial charge is 0.490 e. The third-order valence-electron chi connectivity index (χ3n) is 3.02. The van der Waals surface area contributed by atoms with Gasteiger partial charge in [0, 0.05) is 17.7 Å². The van der Waals surface area contributed by atoms with Gasteiger partial charge in [-0.1, -0.05) is 33.0 Å². The van der Waals surface area contributed by atoms with Crippen LogP contribution >= 0.6 is 0 Å². The van der Waals surface area contributed by atoms with E-state index in [1.807, 2.05) is 18.3 Å². The smallest absolute Gasteiger partial charge is 0.179 e. The van der Waals surface area contributed by atoms with E-state index in [9.17, 15) is 0 Å². The molecular weight excluding hydrogens is 240 g/mol. The van der Waals surface area contributed by atoms with Gasteiger partial charge in [0.2, 0.25) is 0 Å². The zero-order valence-electron chi connectivity index (χ0n) is 11.7. The standard InChI is InChI=1S/C14H22N2OSi/c1-5-6-10-17-12-8-7-9-16-13(18(2,3)4)11-15-14(12)16/h7-9,11H,5-6,10H2,1-4H3. The third kappa shape index (κ3) is 2.58. The van der Waals surface area contributed by atoms with Crippen molar-refractivity contribution in [3.05, 3.63) is 24.5 Å². The van der Waals surface area contributed by atoms with Crippen LogP contribution in [0.4, 0.5) is 0 Å². The molecule has 0 aliphatic carbocycles. The maximum absolute atomic E-state index is 5.82. The number of nitrogens with zero attached hydrogens (tertiary/aromatic N) is 2. The minimum atomic E-state index is -1.36. The van der Waals surface area contributed by atoms with Crippen molar-refractivity contribution in [2.24, 2.45) is 0 Å². The quantitative estimate of drug-likeness (QED) is 0.611. The monoisotopic (exact) mass is 262 g/mol. The maximum atomic E-state index is 5.82. The lowest BCUT2D eigenvalue weighted by atomic mass is 10.3. The Morgan fingerprint density at radius 3 is 2.78 bits per heavy atom. The second-order valence-corrected chi connectivity index (χ2v) is 10.7. The second-order valence-electron chi connectivity index (χ2n) is 5.66. The first kappa shape index (κ1) is 13.1. The number of pyridine rings is 1. The van der Waals surface area contributed by atoms with Crippen molar-refractivity contribution in [1.29, 1.82) is 0 Å². The molecule has 0 aromatic carbocycles. The summed E-state index contributed by atoms with van der Waals surface area (Å²) >= 11 is 0. The molecule has 0 fully saturated rings. The molecule has 0 atom stereocenters. The number of unbranched alkanes of at least 4 members (excludes halogenated alkanes) is 1. The molecule has 2 aromatic heterocycles. The Morgan fingerprint density at radius 2 is 2.11 bits per heavy atom. The first-order valence-corrected chi connectivity index (χ1v) is 10.1. The summed E-state index contributed by atoms with van der Waals surface area (Å²) in [6.07, 6.45) is 6.33. The van der Waals surface area contributed by atoms with Gasteiger partial charge in [-0.2, -0.15) is 0 Å². The molecule has 2 rings (SSSR count). The van der Waals surface area contributed by atoms with Gasteiger partial charge < -0.3 is 9.14 Å². The van der Waals surface area contributed by atoms with Crippen LogP contribution in [0.25, 0.3) is 5.65 Å². The van der Waals surface area contributed by atoms with Gasteiger partial charge in [0.1, 0.15) is 8.07 Å². The van der Waals surface area contributed by atoms with Crippen LogP contribution in [0.1, 0.15) is 19.8 Å². The van der Waals surface area contributed by atoms with Gasteiger partial charge in [-0.3, -0.25) is 0 Å². The molecule has 0 saturated heterocycles. The van der Waals surface area contributed by atoms with Gasteiger partial charge in [0.25, 0.3) is 0 Å². The number of aromatic nitrogens is 2. The van der Waals surface area contributed by atoms with Crippen molar-refractivity contribution in [3.63, 3.8) is 0 Å². The summed E-state index contributed by atoms with van der Waals surface area (Å²) in [5.41, 5.74) is 0.950. The summed E-state index contributed by atoms with van der Waals surface area (Å²) in [5, 5.41) is 1.35. The Hall–Kier alpha value is -1.29. The normalized spacial score (nSPS) is 12.0. The van der Waals surface area contributed by atoms with Crippen LogP contribution in [-0.4, -0.2) is 24.1 Å². The van der Waals surface area contributed by atoms with Crippen molar-refractivity contribution in [2.75, 3.05) is 6.61 Å². The molecule has 2 aromatic rings.